The predicted octanol–water partition coefficient (Wildman–Crippen LogP) is 3.83. The van der Waals surface area contributed by atoms with Gasteiger partial charge in [0.05, 0.1) is 23.2 Å². The molecule has 210 valence electrons. The highest BCUT2D eigenvalue weighted by Gasteiger charge is 2.75. The maximum absolute atomic E-state index is 14.1. The van der Waals surface area contributed by atoms with Crippen LogP contribution in [0.2, 0.25) is 0 Å². The highest BCUT2D eigenvalue weighted by Crippen LogP contribution is 2.68. The lowest BCUT2D eigenvalue weighted by Crippen LogP contribution is -2.59. The van der Waals surface area contributed by atoms with E-state index in [0.717, 1.165) is 37.9 Å². The number of aliphatic hydroxyl groups is 1. The van der Waals surface area contributed by atoms with Gasteiger partial charge in [0.2, 0.25) is 17.7 Å². The van der Waals surface area contributed by atoms with Crippen molar-refractivity contribution >= 4 is 35.2 Å². The molecule has 1 spiro atoms. The summed E-state index contributed by atoms with van der Waals surface area (Å²) in [6.45, 7) is 11.1. The van der Waals surface area contributed by atoms with Crippen molar-refractivity contribution in [1.82, 2.24) is 10.2 Å². The molecule has 3 fully saturated rings. The Balaban J connectivity index is 1.60. The Kier molecular flexibility index (Phi) is 8.67. The summed E-state index contributed by atoms with van der Waals surface area (Å²) in [6, 6.07) is 6.67. The third-order valence-corrected chi connectivity index (χ3v) is 10.1. The molecular weight excluding hydrogens is 502 g/mol. The van der Waals surface area contributed by atoms with Crippen LogP contribution in [0.5, 0.6) is 5.75 Å². The summed E-state index contributed by atoms with van der Waals surface area (Å²) in [4.78, 5) is 43.4. The van der Waals surface area contributed by atoms with E-state index in [2.05, 4.69) is 17.6 Å². The van der Waals surface area contributed by atoms with Gasteiger partial charge in [-0.1, -0.05) is 19.8 Å². The first-order chi connectivity index (χ1) is 18.0. The minimum absolute atomic E-state index is 0.00158. The van der Waals surface area contributed by atoms with Gasteiger partial charge in [-0.25, -0.2) is 0 Å². The second kappa shape index (κ2) is 11.5. The van der Waals surface area contributed by atoms with Gasteiger partial charge < -0.3 is 25.4 Å². The molecule has 2 bridgehead atoms. The van der Waals surface area contributed by atoms with Crippen molar-refractivity contribution in [1.29, 1.82) is 0 Å². The Bertz CT molecular complexity index is 1030. The number of carbonyl (C=O) groups is 3. The first kappa shape index (κ1) is 28.7. The summed E-state index contributed by atoms with van der Waals surface area (Å²) in [6.07, 6.45) is 4.06. The molecule has 3 unspecified atom stereocenters. The summed E-state index contributed by atoms with van der Waals surface area (Å²) in [5, 5.41) is 15.3. The SMILES string of the molecule is CCOc1ccc(NC(=O)[C@@H]2[C@@H]3CC(C)C4(S3)C(C(=O)NC(C)(C)C)N(CCCCCCO)C(=O)[C@H]24)cc1. The fourth-order valence-corrected chi connectivity index (χ4v) is 8.99. The normalized spacial score (nSPS) is 29.9. The number of benzene rings is 1. The molecule has 1 aromatic carbocycles. The quantitative estimate of drug-likeness (QED) is 0.365. The molecule has 6 atom stereocenters. The van der Waals surface area contributed by atoms with Gasteiger partial charge in [0, 0.05) is 29.6 Å². The predicted molar refractivity (Wildman–Crippen MR) is 150 cm³/mol. The van der Waals surface area contributed by atoms with Crippen molar-refractivity contribution in [3.05, 3.63) is 24.3 Å². The average molecular weight is 546 g/mol. The summed E-state index contributed by atoms with van der Waals surface area (Å²) in [7, 11) is 0. The highest BCUT2D eigenvalue weighted by molar-refractivity contribution is 8.02. The summed E-state index contributed by atoms with van der Waals surface area (Å²) >= 11 is 1.69. The van der Waals surface area contributed by atoms with E-state index in [1.807, 2.05) is 52.0 Å². The number of unbranched alkanes of at least 4 members (excludes halogenated alkanes) is 3. The molecule has 0 aromatic heterocycles. The number of fused-ring (bicyclic) bond motifs is 1. The summed E-state index contributed by atoms with van der Waals surface area (Å²) in [5.74, 6) is -0.501. The first-order valence-electron chi connectivity index (χ1n) is 14.0. The van der Waals surface area contributed by atoms with E-state index in [1.165, 1.54) is 0 Å². The molecule has 8 nitrogen and oxygen atoms in total. The lowest BCUT2D eigenvalue weighted by molar-refractivity contribution is -0.139. The van der Waals surface area contributed by atoms with Crippen LogP contribution in [0.3, 0.4) is 0 Å². The zero-order valence-electron chi connectivity index (χ0n) is 23.3. The van der Waals surface area contributed by atoms with Gasteiger partial charge >= 0.3 is 0 Å². The van der Waals surface area contributed by atoms with Gasteiger partial charge in [-0.05, 0) is 77.1 Å². The van der Waals surface area contributed by atoms with Crippen LogP contribution in [-0.2, 0) is 14.4 Å². The minimum atomic E-state index is -0.622. The Morgan fingerprint density at radius 3 is 2.45 bits per heavy atom. The van der Waals surface area contributed by atoms with E-state index in [9.17, 15) is 14.4 Å². The molecule has 3 aliphatic rings. The van der Waals surface area contributed by atoms with Gasteiger partial charge in [0.25, 0.3) is 0 Å². The number of hydrogen-bond acceptors (Lipinski definition) is 6. The molecule has 0 aliphatic carbocycles. The number of amides is 3. The lowest BCUT2D eigenvalue weighted by Gasteiger charge is -2.39. The van der Waals surface area contributed by atoms with Crippen LogP contribution in [0.1, 0.15) is 66.7 Å². The maximum Gasteiger partial charge on any atom is 0.244 e. The number of carbonyl (C=O) groups excluding carboxylic acids is 3. The smallest absolute Gasteiger partial charge is 0.244 e. The van der Waals surface area contributed by atoms with Crippen LogP contribution in [0, 0.1) is 17.8 Å². The minimum Gasteiger partial charge on any atom is -0.494 e. The van der Waals surface area contributed by atoms with Crippen molar-refractivity contribution < 1.29 is 24.2 Å². The van der Waals surface area contributed by atoms with Crippen molar-refractivity contribution in [2.24, 2.45) is 17.8 Å². The van der Waals surface area contributed by atoms with Crippen LogP contribution in [0.25, 0.3) is 0 Å². The maximum atomic E-state index is 14.1. The molecule has 0 saturated carbocycles. The van der Waals surface area contributed by atoms with Crippen molar-refractivity contribution in [2.45, 2.75) is 88.3 Å². The molecule has 3 N–H and O–H groups in total. The molecule has 3 amide bonds. The number of ether oxygens (including phenoxy) is 1. The summed E-state index contributed by atoms with van der Waals surface area (Å²) in [5.41, 5.74) is 0.234. The van der Waals surface area contributed by atoms with Crippen LogP contribution >= 0.6 is 11.8 Å². The number of anilines is 1. The van der Waals surface area contributed by atoms with Crippen molar-refractivity contribution in [3.63, 3.8) is 0 Å². The zero-order chi connectivity index (χ0) is 27.7. The Morgan fingerprint density at radius 1 is 1.13 bits per heavy atom. The third kappa shape index (κ3) is 5.41. The average Bonchev–Trinajstić information content (AvgIpc) is 3.43. The van der Waals surface area contributed by atoms with Crippen molar-refractivity contribution in [2.75, 3.05) is 25.1 Å². The van der Waals surface area contributed by atoms with Gasteiger partial charge in [0.1, 0.15) is 11.8 Å². The van der Waals surface area contributed by atoms with Crippen LogP contribution in [0.15, 0.2) is 24.3 Å². The topological polar surface area (TPSA) is 108 Å². The molecule has 38 heavy (non-hydrogen) atoms. The molecule has 4 rings (SSSR count). The number of nitrogens with zero attached hydrogens (tertiary/aromatic N) is 1. The fraction of sp³-hybridized carbons (Fsp3) is 0.690. The van der Waals surface area contributed by atoms with E-state index in [0.29, 0.717) is 18.8 Å². The van der Waals surface area contributed by atoms with Gasteiger partial charge in [-0.15, -0.1) is 11.8 Å². The second-order valence-electron chi connectivity index (χ2n) is 11.9. The van der Waals surface area contributed by atoms with E-state index >= 15 is 0 Å². The standard InChI is InChI=1S/C29H43N3O5S/c1-6-37-20-13-11-19(12-14-20)30-25(34)22-21-17-18(2)29(38-21)23(22)27(36)32(15-9-7-8-10-16-33)24(29)26(35)31-28(3,4)5/h11-14,18,21-24,33H,6-10,15-17H2,1-5H3,(H,30,34)(H,31,35)/t18?,21-,22+,23-,24?,29?/m0/s1. The van der Waals surface area contributed by atoms with Crippen LogP contribution in [0.4, 0.5) is 5.69 Å². The van der Waals surface area contributed by atoms with Crippen molar-refractivity contribution in [3.8, 4) is 5.75 Å². The Hall–Kier alpha value is -2.26. The number of thioether (sulfide) groups is 1. The molecule has 1 aromatic rings. The number of likely N-dealkylation sites (tertiary alicyclic amines) is 1. The number of rotatable bonds is 11. The van der Waals surface area contributed by atoms with Gasteiger partial charge in [-0.3, -0.25) is 14.4 Å². The molecular formula is C29H43N3O5S. The lowest BCUT2D eigenvalue weighted by atomic mass is 9.65. The molecule has 3 aliphatic heterocycles. The first-order valence-corrected chi connectivity index (χ1v) is 14.9. The van der Waals surface area contributed by atoms with E-state index < -0.39 is 28.2 Å². The molecule has 3 saturated heterocycles. The van der Waals surface area contributed by atoms with Crippen LogP contribution < -0.4 is 15.4 Å². The molecule has 0 radical (unpaired) electrons. The number of aliphatic hydroxyl groups excluding tert-OH is 1. The number of nitrogens with one attached hydrogen (secondary N) is 2. The van der Waals surface area contributed by atoms with E-state index in [1.54, 1.807) is 16.7 Å². The van der Waals surface area contributed by atoms with Gasteiger partial charge in [0.15, 0.2) is 0 Å². The molecule has 3 heterocycles. The van der Waals surface area contributed by atoms with Crippen LogP contribution in [-0.4, -0.2) is 69.1 Å². The Morgan fingerprint density at radius 2 is 1.82 bits per heavy atom. The largest absolute Gasteiger partial charge is 0.494 e. The fourth-order valence-electron chi connectivity index (χ4n) is 6.57. The highest BCUT2D eigenvalue weighted by atomic mass is 32.2. The Labute approximate surface area is 230 Å². The monoisotopic (exact) mass is 545 g/mol. The molecule has 9 heteroatoms. The van der Waals surface area contributed by atoms with Gasteiger partial charge in [-0.2, -0.15) is 0 Å². The summed E-state index contributed by atoms with van der Waals surface area (Å²) < 4.78 is 4.88. The van der Waals surface area contributed by atoms with E-state index in [4.69, 9.17) is 9.84 Å². The van der Waals surface area contributed by atoms with E-state index in [-0.39, 0.29) is 35.5 Å². The zero-order valence-corrected chi connectivity index (χ0v) is 24.1. The second-order valence-corrected chi connectivity index (χ2v) is 13.5. The number of hydrogen-bond donors (Lipinski definition) is 3. The third-order valence-electron chi connectivity index (χ3n) is 8.03.